The van der Waals surface area contributed by atoms with Gasteiger partial charge in [0.05, 0.1) is 12.7 Å². The second-order valence-electron chi connectivity index (χ2n) is 6.31. The Hall–Kier alpha value is -1.75. The molecule has 5 heteroatoms. The smallest absolute Gasteiger partial charge is 0.257 e. The molecule has 1 aromatic rings. The molecule has 0 aliphatic carbocycles. The molecule has 116 valence electrons. The van der Waals surface area contributed by atoms with Crippen LogP contribution in [0, 0.1) is 0 Å². The molecule has 1 amide bonds. The number of methoxy groups -OCH3 is 1. The first-order valence-corrected chi connectivity index (χ1v) is 7.25. The molecule has 21 heavy (non-hydrogen) atoms. The lowest BCUT2D eigenvalue weighted by Gasteiger charge is -2.42. The van der Waals surface area contributed by atoms with Gasteiger partial charge in [-0.05, 0) is 32.9 Å². The quantitative estimate of drug-likeness (QED) is 0.905. The maximum Gasteiger partial charge on any atom is 0.257 e. The van der Waals surface area contributed by atoms with E-state index in [1.807, 2.05) is 0 Å². The van der Waals surface area contributed by atoms with Crippen LogP contribution in [0.2, 0.25) is 0 Å². The van der Waals surface area contributed by atoms with Crippen LogP contribution < -0.4 is 4.74 Å². The maximum absolute atomic E-state index is 12.5. The van der Waals surface area contributed by atoms with Crippen LogP contribution in [-0.4, -0.2) is 59.6 Å². The number of benzene rings is 1. The van der Waals surface area contributed by atoms with Crippen LogP contribution in [0.1, 0.15) is 31.1 Å². The lowest BCUT2D eigenvalue weighted by Crippen LogP contribution is -2.54. The minimum absolute atomic E-state index is 0.0803. The van der Waals surface area contributed by atoms with Crippen molar-refractivity contribution in [2.45, 2.75) is 26.3 Å². The average molecular weight is 292 g/mol. The largest absolute Gasteiger partial charge is 0.504 e. The fourth-order valence-corrected chi connectivity index (χ4v) is 2.61. The van der Waals surface area contributed by atoms with Crippen LogP contribution >= 0.6 is 0 Å². The SMILES string of the molecule is COc1cccc(C(=O)N2CCN(C(C)(C)C)CC2)c1O. The van der Waals surface area contributed by atoms with Crippen molar-refractivity contribution in [3.63, 3.8) is 0 Å². The van der Waals surface area contributed by atoms with Crippen LogP contribution in [0.15, 0.2) is 18.2 Å². The van der Waals surface area contributed by atoms with Crippen molar-refractivity contribution in [1.82, 2.24) is 9.80 Å². The van der Waals surface area contributed by atoms with E-state index in [1.54, 1.807) is 23.1 Å². The molecule has 2 rings (SSSR count). The van der Waals surface area contributed by atoms with Gasteiger partial charge in [0.1, 0.15) is 0 Å². The molecular formula is C16H24N2O3. The number of phenols is 1. The van der Waals surface area contributed by atoms with Gasteiger partial charge in [0.25, 0.3) is 5.91 Å². The van der Waals surface area contributed by atoms with Crippen LogP contribution in [0.5, 0.6) is 11.5 Å². The third kappa shape index (κ3) is 3.29. The van der Waals surface area contributed by atoms with Gasteiger partial charge in [-0.3, -0.25) is 9.69 Å². The highest BCUT2D eigenvalue weighted by molar-refractivity contribution is 5.97. The zero-order chi connectivity index (χ0) is 15.6. The van der Waals surface area contributed by atoms with Gasteiger partial charge in [-0.25, -0.2) is 0 Å². The van der Waals surface area contributed by atoms with E-state index in [2.05, 4.69) is 25.7 Å². The zero-order valence-corrected chi connectivity index (χ0v) is 13.2. The van der Waals surface area contributed by atoms with Gasteiger partial charge >= 0.3 is 0 Å². The highest BCUT2D eigenvalue weighted by Gasteiger charge is 2.29. The summed E-state index contributed by atoms with van der Waals surface area (Å²) in [5, 5.41) is 10.1. The van der Waals surface area contributed by atoms with E-state index in [4.69, 9.17) is 4.74 Å². The number of para-hydroxylation sites is 1. The molecule has 0 saturated carbocycles. The highest BCUT2D eigenvalue weighted by atomic mass is 16.5. The van der Waals surface area contributed by atoms with Crippen molar-refractivity contribution in [2.75, 3.05) is 33.3 Å². The molecule has 1 aliphatic heterocycles. The Morgan fingerprint density at radius 3 is 2.33 bits per heavy atom. The van der Waals surface area contributed by atoms with Crippen molar-refractivity contribution in [1.29, 1.82) is 0 Å². The summed E-state index contributed by atoms with van der Waals surface area (Å²) in [5.41, 5.74) is 0.423. The van der Waals surface area contributed by atoms with E-state index >= 15 is 0 Å². The van der Waals surface area contributed by atoms with Gasteiger partial charge in [0.15, 0.2) is 11.5 Å². The predicted octanol–water partition coefficient (Wildman–Crippen LogP) is 1.96. The molecule has 1 N–H and O–H groups in total. The van der Waals surface area contributed by atoms with Crippen LogP contribution in [0.25, 0.3) is 0 Å². The molecular weight excluding hydrogens is 268 g/mol. The van der Waals surface area contributed by atoms with Crippen molar-refractivity contribution in [3.05, 3.63) is 23.8 Å². The molecule has 0 radical (unpaired) electrons. The van der Waals surface area contributed by atoms with Crippen molar-refractivity contribution < 1.29 is 14.6 Å². The van der Waals surface area contributed by atoms with Crippen LogP contribution in [0.3, 0.4) is 0 Å². The Morgan fingerprint density at radius 1 is 1.19 bits per heavy atom. The predicted molar refractivity (Wildman–Crippen MR) is 81.9 cm³/mol. The third-order valence-electron chi connectivity index (χ3n) is 3.96. The lowest BCUT2D eigenvalue weighted by molar-refractivity contribution is 0.0448. The first-order valence-electron chi connectivity index (χ1n) is 7.25. The minimum Gasteiger partial charge on any atom is -0.504 e. The topological polar surface area (TPSA) is 53.0 Å². The normalized spacial score (nSPS) is 16.9. The summed E-state index contributed by atoms with van der Waals surface area (Å²) in [6.07, 6.45) is 0. The number of nitrogens with zero attached hydrogens (tertiary/aromatic N) is 2. The van der Waals surface area contributed by atoms with Crippen molar-refractivity contribution in [2.24, 2.45) is 0 Å². The zero-order valence-electron chi connectivity index (χ0n) is 13.2. The second-order valence-corrected chi connectivity index (χ2v) is 6.31. The van der Waals surface area contributed by atoms with E-state index in [9.17, 15) is 9.90 Å². The summed E-state index contributed by atoms with van der Waals surface area (Å²) >= 11 is 0. The van der Waals surface area contributed by atoms with E-state index < -0.39 is 0 Å². The van der Waals surface area contributed by atoms with E-state index in [0.29, 0.717) is 24.4 Å². The summed E-state index contributed by atoms with van der Waals surface area (Å²) in [7, 11) is 1.48. The third-order valence-corrected chi connectivity index (χ3v) is 3.96. The summed E-state index contributed by atoms with van der Waals surface area (Å²) in [5.74, 6) is 0.109. The summed E-state index contributed by atoms with van der Waals surface area (Å²) in [6, 6.07) is 5.00. The lowest BCUT2D eigenvalue weighted by atomic mass is 10.0. The minimum atomic E-state index is -0.139. The van der Waals surface area contributed by atoms with E-state index in [-0.39, 0.29) is 17.2 Å². The molecule has 0 aromatic heterocycles. The molecule has 5 nitrogen and oxygen atoms in total. The number of rotatable bonds is 2. The molecule has 1 fully saturated rings. The monoisotopic (exact) mass is 292 g/mol. The fraction of sp³-hybridized carbons (Fsp3) is 0.562. The van der Waals surface area contributed by atoms with Crippen LogP contribution in [-0.2, 0) is 0 Å². The Balaban J connectivity index is 2.09. The first kappa shape index (κ1) is 15.6. The first-order chi connectivity index (χ1) is 9.84. The number of hydrogen-bond donors (Lipinski definition) is 1. The van der Waals surface area contributed by atoms with Gasteiger partial charge in [-0.2, -0.15) is 0 Å². The maximum atomic E-state index is 12.5. The number of piperazine rings is 1. The Bertz CT molecular complexity index is 515. The van der Waals surface area contributed by atoms with Gasteiger partial charge in [-0.15, -0.1) is 0 Å². The van der Waals surface area contributed by atoms with Crippen LogP contribution in [0.4, 0.5) is 0 Å². The van der Waals surface area contributed by atoms with Gasteiger partial charge in [0, 0.05) is 31.7 Å². The summed E-state index contributed by atoms with van der Waals surface area (Å²) < 4.78 is 5.06. The molecule has 1 aliphatic rings. The summed E-state index contributed by atoms with van der Waals surface area (Å²) in [4.78, 5) is 16.7. The van der Waals surface area contributed by atoms with Gasteiger partial charge in [-0.1, -0.05) is 6.07 Å². The van der Waals surface area contributed by atoms with E-state index in [0.717, 1.165) is 13.1 Å². The second kappa shape index (κ2) is 5.93. The Kier molecular flexibility index (Phi) is 4.42. The number of carbonyl (C=O) groups is 1. The Morgan fingerprint density at radius 2 is 1.81 bits per heavy atom. The number of ether oxygens (including phenoxy) is 1. The highest BCUT2D eigenvalue weighted by Crippen LogP contribution is 2.30. The van der Waals surface area contributed by atoms with Crippen molar-refractivity contribution in [3.8, 4) is 11.5 Å². The summed E-state index contributed by atoms with van der Waals surface area (Å²) in [6.45, 7) is 9.58. The number of carbonyl (C=O) groups excluding carboxylic acids is 1. The molecule has 0 spiro atoms. The number of hydrogen-bond acceptors (Lipinski definition) is 4. The molecule has 0 unspecified atom stereocenters. The number of amides is 1. The van der Waals surface area contributed by atoms with Crippen molar-refractivity contribution >= 4 is 5.91 Å². The molecule has 0 atom stereocenters. The molecule has 1 heterocycles. The average Bonchev–Trinajstić information content (AvgIpc) is 2.46. The fourth-order valence-electron chi connectivity index (χ4n) is 2.61. The number of phenolic OH excluding ortho intramolecular Hbond substituents is 1. The molecule has 1 saturated heterocycles. The molecule has 0 bridgehead atoms. The Labute approximate surface area is 126 Å². The standard InChI is InChI=1S/C16H24N2O3/c1-16(2,3)18-10-8-17(9-11-18)15(20)12-6-5-7-13(21-4)14(12)19/h5-7,19H,8-11H2,1-4H3. The van der Waals surface area contributed by atoms with E-state index in [1.165, 1.54) is 7.11 Å². The van der Waals surface area contributed by atoms with Gasteiger partial charge in [0.2, 0.25) is 0 Å². The van der Waals surface area contributed by atoms with Gasteiger partial charge < -0.3 is 14.7 Å². The number of aromatic hydroxyl groups is 1. The molecule has 1 aromatic carbocycles.